The maximum Gasteiger partial charge on any atom is 0.162 e. The number of rotatable bonds is 10. The van der Waals surface area contributed by atoms with Crippen LogP contribution in [0.15, 0.2) is 83.0 Å². The minimum atomic E-state index is -0.0119. The maximum absolute atomic E-state index is 12.3. The van der Waals surface area contributed by atoms with Crippen LogP contribution in [0.4, 0.5) is 0 Å². The van der Waals surface area contributed by atoms with Crippen molar-refractivity contribution in [2.45, 2.75) is 116 Å². The van der Waals surface area contributed by atoms with Gasteiger partial charge in [-0.05, 0) is 64.7 Å². The predicted octanol–water partition coefficient (Wildman–Crippen LogP) is 15.8. The normalized spacial score (nSPS) is 12.8. The second-order valence-electron chi connectivity index (χ2n) is 19.7. The number of ketones is 1. The number of aliphatic hydroxyl groups excluding tert-OH is 1. The van der Waals surface area contributed by atoms with Gasteiger partial charge in [-0.2, -0.15) is 46.7 Å². The van der Waals surface area contributed by atoms with Crippen molar-refractivity contribution in [1.29, 1.82) is 0 Å². The van der Waals surface area contributed by atoms with Crippen LogP contribution in [0, 0.1) is 60.0 Å². The summed E-state index contributed by atoms with van der Waals surface area (Å²) in [6.45, 7) is 32.4. The first-order chi connectivity index (χ1) is 26.6. The molecule has 0 amide bonds. The zero-order valence-corrected chi connectivity index (χ0v) is 40.8. The molecule has 2 heterocycles. The first-order valence-electron chi connectivity index (χ1n) is 20.9. The summed E-state index contributed by atoms with van der Waals surface area (Å²) in [6, 6.07) is 31.3. The third kappa shape index (κ3) is 10.8. The van der Waals surface area contributed by atoms with Crippen molar-refractivity contribution in [2.75, 3.05) is 0 Å². The van der Waals surface area contributed by atoms with E-state index < -0.39 is 0 Å². The number of hydrogen-bond donors (Lipinski definition) is 1. The van der Waals surface area contributed by atoms with E-state index in [1.165, 1.54) is 48.5 Å². The summed E-state index contributed by atoms with van der Waals surface area (Å²) in [5.41, 5.74) is 7.27. The van der Waals surface area contributed by atoms with Gasteiger partial charge in [0.1, 0.15) is 11.3 Å². The number of furan rings is 1. The van der Waals surface area contributed by atoms with Gasteiger partial charge in [-0.15, -0.1) is 23.1 Å². The Kier molecular flexibility index (Phi) is 15.3. The molecule has 1 radical (unpaired) electrons. The minimum Gasteiger partial charge on any atom is -0.512 e. The Balaban J connectivity index is 0.000000319. The quantitative estimate of drug-likeness (QED) is 0.0845. The van der Waals surface area contributed by atoms with Crippen LogP contribution < -0.4 is 0 Å². The van der Waals surface area contributed by atoms with E-state index in [4.69, 9.17) is 4.42 Å². The van der Waals surface area contributed by atoms with Crippen LogP contribution in [-0.4, -0.2) is 10.9 Å². The Morgan fingerprint density at radius 2 is 1.43 bits per heavy atom. The third-order valence-electron chi connectivity index (χ3n) is 11.1. The van der Waals surface area contributed by atoms with E-state index >= 15 is 0 Å². The zero-order valence-electron chi connectivity index (χ0n) is 37.6. The van der Waals surface area contributed by atoms with E-state index in [0.717, 1.165) is 34.3 Å². The molecule has 0 fully saturated rings. The van der Waals surface area contributed by atoms with E-state index in [0.29, 0.717) is 23.7 Å². The van der Waals surface area contributed by atoms with Crippen molar-refractivity contribution in [3.8, 4) is 21.6 Å². The Hall–Kier alpha value is -3.50. The second-order valence-corrected chi connectivity index (χ2v) is 20.8. The SMILES string of the molecule is CC(C)C(C(=O)/C=C(\O)C(C(C)C)C(C)C)C(C)C.Cc1c(-c2ccc3cc(CC(C)(C)C)oc3c2)sc2c(-c3[c-]c4ccccc4c(C(C)(C)C)c3)[c-]ccc12.[Ir]. The molecule has 0 atom stereocenters. The summed E-state index contributed by atoms with van der Waals surface area (Å²) >= 11 is 1.85. The van der Waals surface area contributed by atoms with Crippen molar-refractivity contribution in [3.05, 3.63) is 108 Å². The van der Waals surface area contributed by atoms with Gasteiger partial charge in [-0.25, -0.2) is 0 Å². The molecule has 4 aromatic carbocycles. The number of allylic oxidation sites excluding steroid dienone is 2. The molecule has 6 rings (SSSR count). The Morgan fingerprint density at radius 3 is 2.02 bits per heavy atom. The molecule has 6 aromatic rings. The fraction of sp³-hybridized carbons (Fsp3) is 0.453. The molecule has 313 valence electrons. The molecule has 58 heavy (non-hydrogen) atoms. The van der Waals surface area contributed by atoms with Gasteiger partial charge in [-0.1, -0.05) is 143 Å². The van der Waals surface area contributed by atoms with Gasteiger partial charge in [0.15, 0.2) is 5.78 Å². The molecule has 5 heteroatoms. The summed E-state index contributed by atoms with van der Waals surface area (Å²) < 4.78 is 7.56. The number of hydrogen-bond acceptors (Lipinski definition) is 4. The second kappa shape index (κ2) is 18.8. The smallest absolute Gasteiger partial charge is 0.162 e. The minimum absolute atomic E-state index is 0. The fourth-order valence-electron chi connectivity index (χ4n) is 8.70. The molecule has 0 unspecified atom stereocenters. The summed E-state index contributed by atoms with van der Waals surface area (Å²) in [5.74, 6) is 2.68. The summed E-state index contributed by atoms with van der Waals surface area (Å²) in [7, 11) is 0. The summed E-state index contributed by atoms with van der Waals surface area (Å²) in [4.78, 5) is 13.6. The molecule has 3 nitrogen and oxygen atoms in total. The summed E-state index contributed by atoms with van der Waals surface area (Å²) in [6.07, 6.45) is 2.41. The van der Waals surface area contributed by atoms with Crippen LogP contribution in [0.25, 0.3) is 53.4 Å². The monoisotopic (exact) mass is 975 g/mol. The number of carbonyl (C=O) groups is 1. The predicted molar refractivity (Wildman–Crippen MR) is 246 cm³/mol. The van der Waals surface area contributed by atoms with Crippen molar-refractivity contribution in [3.63, 3.8) is 0 Å². The van der Waals surface area contributed by atoms with E-state index in [2.05, 4.69) is 183 Å². The van der Waals surface area contributed by atoms with Crippen LogP contribution in [-0.2, 0) is 36.7 Å². The molecule has 0 aliphatic heterocycles. The average molecular weight is 975 g/mol. The molecule has 0 saturated carbocycles. The van der Waals surface area contributed by atoms with Gasteiger partial charge >= 0.3 is 0 Å². The van der Waals surface area contributed by atoms with E-state index in [1.54, 1.807) is 0 Å². The molecular weight excluding hydrogens is 909 g/mol. The largest absolute Gasteiger partial charge is 0.512 e. The van der Waals surface area contributed by atoms with Gasteiger partial charge in [-0.3, -0.25) is 4.79 Å². The van der Waals surface area contributed by atoms with Crippen LogP contribution in [0.5, 0.6) is 0 Å². The number of thiophene rings is 1. The molecule has 1 N–H and O–H groups in total. The van der Waals surface area contributed by atoms with E-state index in [1.807, 2.05) is 11.3 Å². The number of benzene rings is 4. The average Bonchev–Trinajstić information content (AvgIpc) is 3.65. The van der Waals surface area contributed by atoms with Gasteiger partial charge in [0, 0.05) is 54.7 Å². The van der Waals surface area contributed by atoms with Crippen LogP contribution in [0.3, 0.4) is 0 Å². The van der Waals surface area contributed by atoms with Gasteiger partial charge < -0.3 is 9.52 Å². The van der Waals surface area contributed by atoms with E-state index in [9.17, 15) is 9.90 Å². The van der Waals surface area contributed by atoms with E-state index in [-0.39, 0.29) is 54.3 Å². The molecule has 0 aliphatic carbocycles. The topological polar surface area (TPSA) is 50.4 Å². The standard InChI is InChI=1S/C36H34OS.C17H32O2.Ir/c1-22-28-13-10-14-30(26-17-23-11-8-9-12-29(23)31(19-26)36(5,6)7)34(28)38-33(22)25-16-15-24-18-27(21-35(2,3)4)37-32(24)20-25;1-10(2)16(11(3)4)14(18)9-15(19)17(12(5)6)13(7)8;/h8-13,15-16,18-20H,21H2,1-7H3;9-13,16-18H,1-8H3;/q-2;;/b;14-9-;. The van der Waals surface area contributed by atoms with Gasteiger partial charge in [0.2, 0.25) is 0 Å². The first-order valence-corrected chi connectivity index (χ1v) is 21.8. The summed E-state index contributed by atoms with van der Waals surface area (Å²) in [5, 5.41) is 15.2. The Morgan fingerprint density at radius 1 is 0.810 bits per heavy atom. The molecule has 0 bridgehead atoms. The van der Waals surface area contributed by atoms with Crippen LogP contribution in [0.2, 0.25) is 0 Å². The molecule has 0 saturated heterocycles. The zero-order chi connectivity index (χ0) is 42.1. The number of fused-ring (bicyclic) bond motifs is 3. The Bertz CT molecular complexity index is 2350. The van der Waals surface area contributed by atoms with Crippen LogP contribution >= 0.6 is 11.3 Å². The Labute approximate surface area is 367 Å². The molecule has 2 aromatic heterocycles. The third-order valence-corrected chi connectivity index (χ3v) is 12.5. The number of aliphatic hydroxyl groups is 1. The van der Waals surface area contributed by atoms with Crippen molar-refractivity contribution in [2.24, 2.45) is 40.9 Å². The van der Waals surface area contributed by atoms with Gasteiger partial charge in [0.05, 0.1) is 5.76 Å². The van der Waals surface area contributed by atoms with Gasteiger partial charge in [0.25, 0.3) is 0 Å². The number of carbonyl (C=O) groups excluding carboxylic acids is 1. The van der Waals surface area contributed by atoms with Crippen molar-refractivity contribution < 1.29 is 34.4 Å². The molecule has 0 aliphatic rings. The first kappa shape index (κ1) is 47.2. The van der Waals surface area contributed by atoms with Crippen molar-refractivity contribution >= 4 is 48.9 Å². The fourth-order valence-corrected chi connectivity index (χ4v) is 10.0. The van der Waals surface area contributed by atoms with Crippen molar-refractivity contribution in [1.82, 2.24) is 0 Å². The molecule has 0 spiro atoms. The maximum atomic E-state index is 12.3. The van der Waals surface area contributed by atoms with Crippen LogP contribution in [0.1, 0.15) is 114 Å². The number of aryl methyl sites for hydroxylation is 1. The molecular formula is C53H66IrO3S-2.